The van der Waals surface area contributed by atoms with Gasteiger partial charge in [-0.25, -0.2) is 17.6 Å². The maximum atomic E-state index is 14.0. The number of carbonyl (C=O) groups is 2. The number of nitrogens with one attached hydrogen (secondary N) is 1. The van der Waals surface area contributed by atoms with Crippen molar-refractivity contribution in [2.75, 3.05) is 25.2 Å². The zero-order chi connectivity index (χ0) is 21.9. The molecule has 10 heteroatoms. The number of esters is 1. The lowest BCUT2D eigenvalue weighted by molar-refractivity contribution is -0.116. The highest BCUT2D eigenvalue weighted by atomic mass is 32.2. The number of amides is 1. The molecule has 0 unspecified atom stereocenters. The van der Waals surface area contributed by atoms with Crippen molar-refractivity contribution in [3.05, 3.63) is 51.7 Å². The van der Waals surface area contributed by atoms with Crippen molar-refractivity contribution in [1.82, 2.24) is 4.31 Å². The quantitative estimate of drug-likeness (QED) is 0.650. The summed E-state index contributed by atoms with van der Waals surface area (Å²) in [5.41, 5.74) is 1.39. The van der Waals surface area contributed by atoms with Crippen molar-refractivity contribution < 1.29 is 27.1 Å². The number of methoxy groups -OCH3 is 1. The molecule has 162 valence electrons. The van der Waals surface area contributed by atoms with Crippen molar-refractivity contribution >= 4 is 38.2 Å². The average molecular weight is 455 g/mol. The maximum Gasteiger partial charge on any atom is 0.341 e. The molecule has 1 heterocycles. The average Bonchev–Trinajstić information content (AvgIpc) is 3.05. The largest absolute Gasteiger partial charge is 0.465 e. The normalized spacial score (nSPS) is 13.7. The number of rotatable bonds is 7. The first-order chi connectivity index (χ1) is 14.2. The van der Waals surface area contributed by atoms with Crippen molar-refractivity contribution in [3.8, 4) is 0 Å². The predicted octanol–water partition coefficient (Wildman–Crippen LogP) is 2.95. The molecule has 1 aliphatic rings. The lowest BCUT2D eigenvalue weighted by Crippen LogP contribution is -2.37. The molecule has 0 atom stereocenters. The molecular weight excluding hydrogens is 431 g/mol. The highest BCUT2D eigenvalue weighted by Crippen LogP contribution is 2.38. The molecule has 0 radical (unpaired) electrons. The minimum Gasteiger partial charge on any atom is -0.465 e. The molecule has 1 aliphatic carbocycles. The van der Waals surface area contributed by atoms with Crippen molar-refractivity contribution in [1.29, 1.82) is 0 Å². The molecule has 1 aromatic heterocycles. The van der Waals surface area contributed by atoms with Crippen LogP contribution >= 0.6 is 11.3 Å². The van der Waals surface area contributed by atoms with Crippen LogP contribution in [-0.2, 0) is 38.9 Å². The Hall–Kier alpha value is -2.30. The van der Waals surface area contributed by atoms with Crippen LogP contribution in [0.4, 0.5) is 9.39 Å². The molecule has 1 amide bonds. The van der Waals surface area contributed by atoms with E-state index in [0.717, 1.165) is 46.7 Å². The summed E-state index contributed by atoms with van der Waals surface area (Å²) >= 11 is 1.31. The van der Waals surface area contributed by atoms with Gasteiger partial charge < -0.3 is 10.1 Å². The molecule has 30 heavy (non-hydrogen) atoms. The first kappa shape index (κ1) is 22.4. The van der Waals surface area contributed by atoms with Crippen molar-refractivity contribution in [2.45, 2.75) is 32.2 Å². The fourth-order valence-electron chi connectivity index (χ4n) is 3.41. The minimum atomic E-state index is -3.78. The fraction of sp³-hybridized carbons (Fsp3) is 0.400. The van der Waals surface area contributed by atoms with Crippen LogP contribution in [0.25, 0.3) is 0 Å². The second kappa shape index (κ2) is 9.23. The van der Waals surface area contributed by atoms with Gasteiger partial charge in [-0.1, -0.05) is 18.2 Å². The Morgan fingerprint density at radius 1 is 1.23 bits per heavy atom. The Labute approximate surface area is 178 Å². The SMILES string of the molecule is COC(=O)c1c(NC(=O)CN(Cc2ccccc2F)S(C)(=O)=O)sc2c1CCCC2. The molecule has 0 aliphatic heterocycles. The number of hydrogen-bond donors (Lipinski definition) is 1. The van der Waals surface area contributed by atoms with Gasteiger partial charge in [-0.15, -0.1) is 11.3 Å². The number of benzene rings is 1. The van der Waals surface area contributed by atoms with Crippen LogP contribution in [0.2, 0.25) is 0 Å². The summed E-state index contributed by atoms with van der Waals surface area (Å²) in [5.74, 6) is -1.69. The minimum absolute atomic E-state index is 0.164. The number of halogens is 1. The summed E-state index contributed by atoms with van der Waals surface area (Å²) in [6, 6.07) is 5.80. The van der Waals surface area contributed by atoms with E-state index < -0.39 is 34.3 Å². The fourth-order valence-corrected chi connectivity index (χ4v) is 5.42. The third-order valence-electron chi connectivity index (χ3n) is 4.91. The lowest BCUT2D eigenvalue weighted by atomic mass is 9.95. The molecule has 1 aromatic carbocycles. The summed E-state index contributed by atoms with van der Waals surface area (Å²) in [5, 5.41) is 3.02. The van der Waals surface area contributed by atoms with Gasteiger partial charge in [0.15, 0.2) is 0 Å². The Bertz CT molecular complexity index is 1070. The molecule has 2 aromatic rings. The first-order valence-electron chi connectivity index (χ1n) is 9.42. The van der Waals surface area contributed by atoms with E-state index in [1.165, 1.54) is 36.6 Å². The smallest absolute Gasteiger partial charge is 0.341 e. The maximum absolute atomic E-state index is 14.0. The number of fused-ring (bicyclic) bond motifs is 1. The van der Waals surface area contributed by atoms with Gasteiger partial charge in [0.05, 0.1) is 25.5 Å². The van der Waals surface area contributed by atoms with Gasteiger partial charge in [-0.05, 0) is 37.3 Å². The van der Waals surface area contributed by atoms with Gasteiger partial charge in [0.2, 0.25) is 15.9 Å². The number of nitrogens with zero attached hydrogens (tertiary/aromatic N) is 1. The van der Waals surface area contributed by atoms with E-state index in [-0.39, 0.29) is 12.1 Å². The topological polar surface area (TPSA) is 92.8 Å². The Balaban J connectivity index is 1.82. The van der Waals surface area contributed by atoms with Crippen LogP contribution in [0.15, 0.2) is 24.3 Å². The van der Waals surface area contributed by atoms with Crippen LogP contribution in [0, 0.1) is 5.82 Å². The lowest BCUT2D eigenvalue weighted by Gasteiger charge is -2.20. The molecular formula is C20H23FN2O5S2. The van der Waals surface area contributed by atoms with E-state index in [0.29, 0.717) is 10.6 Å². The molecule has 7 nitrogen and oxygen atoms in total. The Kier molecular flexibility index (Phi) is 6.89. The van der Waals surface area contributed by atoms with Crippen LogP contribution in [0.1, 0.15) is 39.2 Å². The monoisotopic (exact) mass is 454 g/mol. The number of thiophene rings is 1. The molecule has 0 spiro atoms. The predicted molar refractivity (Wildman–Crippen MR) is 113 cm³/mol. The highest BCUT2D eigenvalue weighted by molar-refractivity contribution is 7.88. The molecule has 0 saturated carbocycles. The molecule has 0 saturated heterocycles. The van der Waals surface area contributed by atoms with Crippen LogP contribution in [0.5, 0.6) is 0 Å². The third-order valence-corrected chi connectivity index (χ3v) is 7.31. The van der Waals surface area contributed by atoms with Crippen molar-refractivity contribution in [3.63, 3.8) is 0 Å². The van der Waals surface area contributed by atoms with Crippen LogP contribution < -0.4 is 5.32 Å². The summed E-state index contributed by atoms with van der Waals surface area (Å²) in [6.45, 7) is -0.778. The second-order valence-corrected chi connectivity index (χ2v) is 10.2. The molecule has 0 bridgehead atoms. The standard InChI is InChI=1S/C20H23FN2O5S2/c1-28-20(25)18-14-8-4-6-10-16(14)29-19(18)22-17(24)12-23(30(2,26)27)11-13-7-3-5-9-15(13)21/h3,5,7,9H,4,6,8,10-12H2,1-2H3,(H,22,24). The number of ether oxygens (including phenoxy) is 1. The number of hydrogen-bond acceptors (Lipinski definition) is 6. The van der Waals surface area contributed by atoms with Gasteiger partial charge >= 0.3 is 5.97 Å². The summed E-state index contributed by atoms with van der Waals surface area (Å²) in [7, 11) is -2.50. The van der Waals surface area contributed by atoms with E-state index in [9.17, 15) is 22.4 Å². The molecule has 0 fully saturated rings. The van der Waals surface area contributed by atoms with Crippen molar-refractivity contribution in [2.24, 2.45) is 0 Å². The van der Waals surface area contributed by atoms with E-state index in [1.807, 2.05) is 0 Å². The Morgan fingerprint density at radius 3 is 2.60 bits per heavy atom. The third kappa shape index (κ3) is 5.05. The zero-order valence-electron chi connectivity index (χ0n) is 16.7. The van der Waals surface area contributed by atoms with Gasteiger partial charge in [0, 0.05) is 17.0 Å². The Morgan fingerprint density at radius 2 is 1.93 bits per heavy atom. The molecule has 3 rings (SSSR count). The number of anilines is 1. The van der Waals surface area contributed by atoms with Gasteiger partial charge in [-0.3, -0.25) is 4.79 Å². The van der Waals surface area contributed by atoms with Crippen LogP contribution in [-0.4, -0.2) is 44.5 Å². The van der Waals surface area contributed by atoms with E-state index >= 15 is 0 Å². The number of aryl methyl sites for hydroxylation is 1. The number of carbonyl (C=O) groups excluding carboxylic acids is 2. The first-order valence-corrected chi connectivity index (χ1v) is 12.1. The van der Waals surface area contributed by atoms with Gasteiger partial charge in [0.1, 0.15) is 10.8 Å². The highest BCUT2D eigenvalue weighted by Gasteiger charge is 2.28. The second-order valence-electron chi connectivity index (χ2n) is 7.08. The molecule has 1 N–H and O–H groups in total. The van der Waals surface area contributed by atoms with Gasteiger partial charge in [-0.2, -0.15) is 4.31 Å². The zero-order valence-corrected chi connectivity index (χ0v) is 18.4. The summed E-state index contributed by atoms with van der Waals surface area (Å²) < 4.78 is 44.1. The summed E-state index contributed by atoms with van der Waals surface area (Å²) in [4.78, 5) is 26.0. The number of sulfonamides is 1. The van der Waals surface area contributed by atoms with Gasteiger partial charge in [0.25, 0.3) is 0 Å². The van der Waals surface area contributed by atoms with E-state index in [2.05, 4.69) is 5.32 Å². The summed E-state index contributed by atoms with van der Waals surface area (Å²) in [6.07, 6.45) is 4.47. The van der Waals surface area contributed by atoms with E-state index in [1.54, 1.807) is 6.07 Å². The van der Waals surface area contributed by atoms with E-state index in [4.69, 9.17) is 4.74 Å². The van der Waals surface area contributed by atoms with Crippen LogP contribution in [0.3, 0.4) is 0 Å².